The molecule has 4 nitrogen and oxygen atoms in total. The van der Waals surface area contributed by atoms with Crippen molar-refractivity contribution in [2.75, 3.05) is 0 Å². The van der Waals surface area contributed by atoms with Gasteiger partial charge in [-0.3, -0.25) is 9.59 Å². The van der Waals surface area contributed by atoms with E-state index in [0.717, 1.165) is 16.5 Å². The summed E-state index contributed by atoms with van der Waals surface area (Å²) in [6, 6.07) is 6.87. The zero-order chi connectivity index (χ0) is 14.9. The molecule has 1 fully saturated rings. The quantitative estimate of drug-likeness (QED) is 0.865. The summed E-state index contributed by atoms with van der Waals surface area (Å²) in [5.74, 6) is -0.980. The van der Waals surface area contributed by atoms with E-state index < -0.39 is 12.0 Å². The molecule has 0 heterocycles. The van der Waals surface area contributed by atoms with Gasteiger partial charge in [0.05, 0.1) is 12.5 Å². The van der Waals surface area contributed by atoms with Crippen LogP contribution in [0.4, 0.5) is 0 Å². The third-order valence-electron chi connectivity index (χ3n) is 3.80. The highest BCUT2D eigenvalue weighted by molar-refractivity contribution is 9.10. The zero-order valence-electron chi connectivity index (χ0n) is 11.5. The van der Waals surface area contributed by atoms with Gasteiger partial charge >= 0.3 is 5.97 Å². The number of carboxylic acid groups (broad SMARTS) is 1. The molecule has 0 bridgehead atoms. The highest BCUT2D eigenvalue weighted by Crippen LogP contribution is 2.51. The van der Waals surface area contributed by atoms with E-state index in [-0.39, 0.29) is 23.7 Å². The predicted molar refractivity (Wildman–Crippen MR) is 79.2 cm³/mol. The van der Waals surface area contributed by atoms with Crippen molar-refractivity contribution in [3.05, 3.63) is 34.3 Å². The lowest BCUT2D eigenvalue weighted by Crippen LogP contribution is -2.32. The topological polar surface area (TPSA) is 66.4 Å². The molecule has 108 valence electrons. The lowest BCUT2D eigenvalue weighted by molar-refractivity contribution is -0.137. The fourth-order valence-electron chi connectivity index (χ4n) is 2.31. The molecule has 1 aliphatic carbocycles. The molecular weight excluding hydrogens is 322 g/mol. The third kappa shape index (κ3) is 3.60. The summed E-state index contributed by atoms with van der Waals surface area (Å²) >= 11 is 3.34. The molecule has 0 spiro atoms. The Balaban J connectivity index is 2.10. The van der Waals surface area contributed by atoms with Crippen LogP contribution >= 0.6 is 15.9 Å². The van der Waals surface area contributed by atoms with Crippen LogP contribution in [-0.2, 0) is 9.59 Å². The molecule has 20 heavy (non-hydrogen) atoms. The number of hydrogen-bond acceptors (Lipinski definition) is 2. The van der Waals surface area contributed by atoms with Crippen molar-refractivity contribution in [1.82, 2.24) is 5.32 Å². The molecule has 0 aliphatic heterocycles. The number of nitrogens with one attached hydrogen (secondary N) is 1. The summed E-state index contributed by atoms with van der Waals surface area (Å²) in [6.45, 7) is 4.09. The molecular formula is C15H18BrNO3. The Kier molecular flexibility index (Phi) is 4.18. The van der Waals surface area contributed by atoms with Gasteiger partial charge in [-0.1, -0.05) is 41.9 Å². The second kappa shape index (κ2) is 5.56. The SMILES string of the molecule is CC1(C)C[C@@H]1C(=O)NC(CC(=O)O)c1ccc(Br)cc1. The zero-order valence-corrected chi connectivity index (χ0v) is 13.1. The van der Waals surface area contributed by atoms with Crippen molar-refractivity contribution in [3.8, 4) is 0 Å². The van der Waals surface area contributed by atoms with Gasteiger partial charge in [-0.15, -0.1) is 0 Å². The summed E-state index contributed by atoms with van der Waals surface area (Å²) in [4.78, 5) is 23.1. The molecule has 1 aromatic rings. The van der Waals surface area contributed by atoms with Gasteiger partial charge in [0, 0.05) is 10.4 Å². The van der Waals surface area contributed by atoms with Crippen LogP contribution in [0.1, 0.15) is 38.3 Å². The maximum atomic E-state index is 12.1. The van der Waals surface area contributed by atoms with Gasteiger partial charge in [-0.2, -0.15) is 0 Å². The summed E-state index contributed by atoms with van der Waals surface area (Å²) in [7, 11) is 0. The van der Waals surface area contributed by atoms with Crippen LogP contribution in [0, 0.1) is 11.3 Å². The van der Waals surface area contributed by atoms with E-state index in [1.165, 1.54) is 0 Å². The monoisotopic (exact) mass is 339 g/mol. The number of halogens is 1. The average molecular weight is 340 g/mol. The number of carbonyl (C=O) groups excluding carboxylic acids is 1. The highest BCUT2D eigenvalue weighted by atomic mass is 79.9. The van der Waals surface area contributed by atoms with E-state index in [1.807, 2.05) is 38.1 Å². The number of hydrogen-bond donors (Lipinski definition) is 2. The normalized spacial score (nSPS) is 21.1. The van der Waals surface area contributed by atoms with Crippen molar-refractivity contribution in [2.24, 2.45) is 11.3 Å². The van der Waals surface area contributed by atoms with Crippen molar-refractivity contribution in [2.45, 2.75) is 32.7 Å². The van der Waals surface area contributed by atoms with E-state index in [0.29, 0.717) is 0 Å². The standard InChI is InChI=1S/C15H18BrNO3/c1-15(2)8-11(15)14(20)17-12(7-13(18)19)9-3-5-10(16)6-4-9/h3-6,11-12H,7-8H2,1-2H3,(H,17,20)(H,18,19)/t11-,12?/m1/s1. The van der Waals surface area contributed by atoms with Crippen LogP contribution < -0.4 is 5.32 Å². The number of amides is 1. The molecule has 2 N–H and O–H groups in total. The highest BCUT2D eigenvalue weighted by Gasteiger charge is 2.50. The molecule has 1 aromatic carbocycles. The van der Waals surface area contributed by atoms with E-state index >= 15 is 0 Å². The van der Waals surface area contributed by atoms with Gasteiger partial charge in [0.2, 0.25) is 5.91 Å². The summed E-state index contributed by atoms with van der Waals surface area (Å²) in [5, 5.41) is 11.9. The molecule has 1 unspecified atom stereocenters. The summed E-state index contributed by atoms with van der Waals surface area (Å²) in [6.07, 6.45) is 0.749. The van der Waals surface area contributed by atoms with Crippen molar-refractivity contribution < 1.29 is 14.7 Å². The molecule has 0 aromatic heterocycles. The minimum absolute atomic E-state index is 0.00533. The Bertz CT molecular complexity index is 524. The Morgan fingerprint density at radius 3 is 2.40 bits per heavy atom. The molecule has 1 saturated carbocycles. The number of carboxylic acids is 1. The van der Waals surface area contributed by atoms with Crippen LogP contribution in [0.15, 0.2) is 28.7 Å². The minimum atomic E-state index is -0.923. The Hall–Kier alpha value is -1.36. The molecule has 0 saturated heterocycles. The Labute approximate surface area is 126 Å². The number of carbonyl (C=O) groups is 2. The summed E-state index contributed by atoms with van der Waals surface area (Å²) in [5.41, 5.74) is 0.847. The maximum Gasteiger partial charge on any atom is 0.305 e. The summed E-state index contributed by atoms with van der Waals surface area (Å²) < 4.78 is 0.921. The van der Waals surface area contributed by atoms with Gasteiger partial charge < -0.3 is 10.4 Å². The smallest absolute Gasteiger partial charge is 0.305 e. The molecule has 1 amide bonds. The molecule has 0 radical (unpaired) electrons. The number of aliphatic carboxylic acids is 1. The second-order valence-electron chi connectivity index (χ2n) is 5.96. The van der Waals surface area contributed by atoms with Gasteiger partial charge in [-0.25, -0.2) is 0 Å². The molecule has 1 aliphatic rings. The van der Waals surface area contributed by atoms with E-state index in [9.17, 15) is 9.59 Å². The first-order chi connectivity index (χ1) is 9.29. The Morgan fingerprint density at radius 1 is 1.40 bits per heavy atom. The van der Waals surface area contributed by atoms with Crippen LogP contribution in [0.25, 0.3) is 0 Å². The lowest BCUT2D eigenvalue weighted by atomic mass is 10.0. The third-order valence-corrected chi connectivity index (χ3v) is 4.33. The van der Waals surface area contributed by atoms with Crippen molar-refractivity contribution in [3.63, 3.8) is 0 Å². The predicted octanol–water partition coefficient (Wildman–Crippen LogP) is 3.13. The van der Waals surface area contributed by atoms with Gasteiger partial charge in [-0.05, 0) is 29.5 Å². The molecule has 5 heteroatoms. The average Bonchev–Trinajstić information content (AvgIpc) is 2.98. The van der Waals surface area contributed by atoms with E-state index in [4.69, 9.17) is 5.11 Å². The van der Waals surface area contributed by atoms with Gasteiger partial charge in [0.1, 0.15) is 0 Å². The van der Waals surface area contributed by atoms with Crippen LogP contribution in [0.5, 0.6) is 0 Å². The number of benzene rings is 1. The minimum Gasteiger partial charge on any atom is -0.481 e. The molecule has 2 atom stereocenters. The van der Waals surface area contributed by atoms with E-state index in [2.05, 4.69) is 21.2 Å². The second-order valence-corrected chi connectivity index (χ2v) is 6.87. The maximum absolute atomic E-state index is 12.1. The van der Waals surface area contributed by atoms with Crippen LogP contribution in [-0.4, -0.2) is 17.0 Å². The van der Waals surface area contributed by atoms with Gasteiger partial charge in [0.25, 0.3) is 0 Å². The number of rotatable bonds is 5. The Morgan fingerprint density at radius 2 is 1.95 bits per heavy atom. The van der Waals surface area contributed by atoms with Crippen molar-refractivity contribution >= 4 is 27.8 Å². The first-order valence-electron chi connectivity index (χ1n) is 6.57. The fraction of sp³-hybridized carbons (Fsp3) is 0.467. The van der Waals surface area contributed by atoms with Gasteiger partial charge in [0.15, 0.2) is 0 Å². The van der Waals surface area contributed by atoms with Crippen LogP contribution in [0.3, 0.4) is 0 Å². The largest absolute Gasteiger partial charge is 0.481 e. The molecule has 2 rings (SSSR count). The lowest BCUT2D eigenvalue weighted by Gasteiger charge is -2.18. The van der Waals surface area contributed by atoms with Crippen molar-refractivity contribution in [1.29, 1.82) is 0 Å². The van der Waals surface area contributed by atoms with Crippen LogP contribution in [0.2, 0.25) is 0 Å². The van der Waals surface area contributed by atoms with E-state index in [1.54, 1.807) is 0 Å². The fourth-order valence-corrected chi connectivity index (χ4v) is 2.57. The first-order valence-corrected chi connectivity index (χ1v) is 7.36. The first kappa shape index (κ1) is 15.0.